The van der Waals surface area contributed by atoms with E-state index in [9.17, 15) is 17.6 Å². The number of benzene rings is 1. The number of aryl methyl sites for hydroxylation is 1. The van der Waals surface area contributed by atoms with Gasteiger partial charge >= 0.3 is 0 Å². The van der Waals surface area contributed by atoms with Gasteiger partial charge in [-0.25, -0.2) is 17.8 Å². The van der Waals surface area contributed by atoms with Crippen molar-refractivity contribution < 1.29 is 17.6 Å². The van der Waals surface area contributed by atoms with Crippen LogP contribution in [0.2, 0.25) is 0 Å². The highest BCUT2D eigenvalue weighted by Crippen LogP contribution is 2.32. The molecule has 0 bridgehead atoms. The standard InChI is InChI=1S/C19H19FN4O3S2/c1-11-16(12(2)24(23-11)15-7-8-29(26,27)10-15)9-17-18(22-19(25)28-17)21-14-5-3-13(20)4-6-14/h3-6,9,15H,7-8,10H2,1-2H3,(H,21,22,25)/b17-9-/t15-/m1/s1. The Balaban J connectivity index is 1.69. The molecule has 1 aromatic heterocycles. The first kappa shape index (κ1) is 19.8. The van der Waals surface area contributed by atoms with Gasteiger partial charge in [0.15, 0.2) is 9.84 Å². The minimum Gasteiger partial charge on any atom is -0.300 e. The first-order valence-electron chi connectivity index (χ1n) is 9.03. The molecule has 3 heterocycles. The van der Waals surface area contributed by atoms with Gasteiger partial charge in [0.2, 0.25) is 0 Å². The van der Waals surface area contributed by atoms with Gasteiger partial charge in [-0.3, -0.25) is 9.48 Å². The monoisotopic (exact) mass is 434 g/mol. The lowest BCUT2D eigenvalue weighted by atomic mass is 10.1. The van der Waals surface area contributed by atoms with E-state index in [2.05, 4.69) is 15.4 Å². The summed E-state index contributed by atoms with van der Waals surface area (Å²) in [5.41, 5.74) is 2.95. The third-order valence-electron chi connectivity index (χ3n) is 4.93. The fraction of sp³-hybridized carbons (Fsp3) is 0.316. The van der Waals surface area contributed by atoms with Crippen LogP contribution in [-0.4, -0.2) is 40.8 Å². The predicted molar refractivity (Wildman–Crippen MR) is 112 cm³/mol. The average Bonchev–Trinajstić information content (AvgIpc) is 3.28. The van der Waals surface area contributed by atoms with Gasteiger partial charge < -0.3 is 5.32 Å². The van der Waals surface area contributed by atoms with Crippen molar-refractivity contribution in [1.29, 1.82) is 0 Å². The van der Waals surface area contributed by atoms with E-state index < -0.39 is 9.84 Å². The molecule has 1 amide bonds. The number of nitrogens with zero attached hydrogens (tertiary/aromatic N) is 3. The van der Waals surface area contributed by atoms with Gasteiger partial charge in [0.05, 0.1) is 33.8 Å². The number of amides is 1. The summed E-state index contributed by atoms with van der Waals surface area (Å²) in [5.74, 6) is 0.301. The SMILES string of the molecule is Cc1nn([C@@H]2CCS(=O)(=O)C2)c(C)c1/C=C1\SC(=O)NC1=Nc1ccc(F)cc1. The topological polar surface area (TPSA) is 93.4 Å². The summed E-state index contributed by atoms with van der Waals surface area (Å²) in [6.07, 6.45) is 2.38. The maximum Gasteiger partial charge on any atom is 0.289 e. The van der Waals surface area contributed by atoms with E-state index in [0.717, 1.165) is 28.7 Å². The number of amidine groups is 1. The quantitative estimate of drug-likeness (QED) is 0.798. The number of aliphatic imine (C=N–C) groups is 1. The number of nitrogens with one attached hydrogen (secondary N) is 1. The molecule has 1 atom stereocenters. The smallest absolute Gasteiger partial charge is 0.289 e. The van der Waals surface area contributed by atoms with Crippen LogP contribution in [0.3, 0.4) is 0 Å². The van der Waals surface area contributed by atoms with E-state index in [1.165, 1.54) is 24.3 Å². The largest absolute Gasteiger partial charge is 0.300 e. The number of hydrogen-bond acceptors (Lipinski definition) is 6. The van der Waals surface area contributed by atoms with E-state index in [0.29, 0.717) is 22.8 Å². The molecule has 2 aliphatic rings. The van der Waals surface area contributed by atoms with Crippen LogP contribution in [0.5, 0.6) is 0 Å². The van der Waals surface area contributed by atoms with E-state index in [-0.39, 0.29) is 28.6 Å². The molecule has 29 heavy (non-hydrogen) atoms. The zero-order valence-corrected chi connectivity index (χ0v) is 17.5. The van der Waals surface area contributed by atoms with Crippen molar-refractivity contribution in [3.63, 3.8) is 0 Å². The number of thioether (sulfide) groups is 1. The number of hydrogen-bond donors (Lipinski definition) is 1. The number of sulfone groups is 1. The van der Waals surface area contributed by atoms with E-state index in [1.807, 2.05) is 19.9 Å². The van der Waals surface area contributed by atoms with Crippen molar-refractivity contribution in [2.24, 2.45) is 4.99 Å². The molecule has 0 spiro atoms. The van der Waals surface area contributed by atoms with Crippen LogP contribution >= 0.6 is 11.8 Å². The second kappa shape index (κ2) is 7.42. The van der Waals surface area contributed by atoms with Crippen LogP contribution in [0.4, 0.5) is 14.9 Å². The molecule has 7 nitrogen and oxygen atoms in total. The van der Waals surface area contributed by atoms with Crippen molar-refractivity contribution in [3.8, 4) is 0 Å². The maximum atomic E-state index is 13.1. The maximum absolute atomic E-state index is 13.1. The van der Waals surface area contributed by atoms with Gasteiger partial charge in [0, 0.05) is 11.3 Å². The molecular formula is C19H19FN4O3S2. The Morgan fingerprint density at radius 2 is 2.03 bits per heavy atom. The van der Waals surface area contributed by atoms with Crippen LogP contribution in [0.1, 0.15) is 29.4 Å². The van der Waals surface area contributed by atoms with Crippen LogP contribution in [0, 0.1) is 19.7 Å². The normalized spacial score (nSPS) is 23.8. The molecule has 0 aliphatic carbocycles. The van der Waals surface area contributed by atoms with Crippen molar-refractivity contribution >= 4 is 44.4 Å². The van der Waals surface area contributed by atoms with Crippen LogP contribution in [0.25, 0.3) is 6.08 Å². The van der Waals surface area contributed by atoms with Gasteiger partial charge in [0.25, 0.3) is 5.24 Å². The van der Waals surface area contributed by atoms with Crippen molar-refractivity contribution in [2.75, 3.05) is 11.5 Å². The summed E-state index contributed by atoms with van der Waals surface area (Å²) in [4.78, 5) is 17.0. The molecule has 0 saturated carbocycles. The zero-order valence-electron chi connectivity index (χ0n) is 15.8. The summed E-state index contributed by atoms with van der Waals surface area (Å²) in [5, 5.41) is 7.00. The van der Waals surface area contributed by atoms with Crippen molar-refractivity contribution in [1.82, 2.24) is 15.1 Å². The number of carbonyl (C=O) groups excluding carboxylic acids is 1. The minimum atomic E-state index is -3.02. The van der Waals surface area contributed by atoms with Gasteiger partial charge in [-0.2, -0.15) is 5.10 Å². The summed E-state index contributed by atoms with van der Waals surface area (Å²) < 4.78 is 38.5. The van der Waals surface area contributed by atoms with Crippen LogP contribution < -0.4 is 5.32 Å². The Morgan fingerprint density at radius 3 is 2.69 bits per heavy atom. The Hall–Kier alpha value is -2.46. The van der Waals surface area contributed by atoms with Crippen molar-refractivity contribution in [3.05, 3.63) is 51.9 Å². The molecule has 2 aromatic rings. The van der Waals surface area contributed by atoms with Crippen molar-refractivity contribution in [2.45, 2.75) is 26.3 Å². The van der Waals surface area contributed by atoms with E-state index in [4.69, 9.17) is 0 Å². The van der Waals surface area contributed by atoms with Gasteiger partial charge in [-0.05, 0) is 62.4 Å². The molecule has 0 unspecified atom stereocenters. The second-order valence-electron chi connectivity index (χ2n) is 7.05. The van der Waals surface area contributed by atoms with Crippen LogP contribution in [-0.2, 0) is 9.84 Å². The molecule has 2 fully saturated rings. The predicted octanol–water partition coefficient (Wildman–Crippen LogP) is 3.53. The third-order valence-corrected chi connectivity index (χ3v) is 7.50. The fourth-order valence-electron chi connectivity index (χ4n) is 3.50. The number of rotatable bonds is 3. The highest BCUT2D eigenvalue weighted by molar-refractivity contribution is 8.18. The summed E-state index contributed by atoms with van der Waals surface area (Å²) >= 11 is 1.02. The lowest BCUT2D eigenvalue weighted by molar-refractivity contribution is 0.265. The number of halogens is 1. The highest BCUT2D eigenvalue weighted by Gasteiger charge is 2.32. The molecule has 4 rings (SSSR count). The molecular weight excluding hydrogens is 415 g/mol. The summed E-state index contributed by atoms with van der Waals surface area (Å²) in [6, 6.07) is 5.50. The number of carbonyl (C=O) groups is 1. The Labute approximate surface area is 172 Å². The lowest BCUT2D eigenvalue weighted by Gasteiger charge is -2.11. The Morgan fingerprint density at radius 1 is 1.31 bits per heavy atom. The summed E-state index contributed by atoms with van der Waals surface area (Å²) in [7, 11) is -3.02. The molecule has 152 valence electrons. The zero-order chi connectivity index (χ0) is 20.8. The molecule has 1 N–H and O–H groups in total. The second-order valence-corrected chi connectivity index (χ2v) is 10.3. The third kappa shape index (κ3) is 4.13. The molecule has 2 saturated heterocycles. The first-order valence-corrected chi connectivity index (χ1v) is 11.7. The lowest BCUT2D eigenvalue weighted by Crippen LogP contribution is -2.18. The molecule has 1 aromatic carbocycles. The fourth-order valence-corrected chi connectivity index (χ4v) is 5.91. The van der Waals surface area contributed by atoms with Gasteiger partial charge in [-0.1, -0.05) is 0 Å². The number of aromatic nitrogens is 2. The first-order chi connectivity index (χ1) is 13.7. The van der Waals surface area contributed by atoms with Gasteiger partial charge in [0.1, 0.15) is 11.7 Å². The van der Waals surface area contributed by atoms with E-state index in [1.54, 1.807) is 4.68 Å². The molecule has 10 heteroatoms. The highest BCUT2D eigenvalue weighted by atomic mass is 32.2. The molecule has 2 aliphatic heterocycles. The average molecular weight is 435 g/mol. The Kier molecular flexibility index (Phi) is 5.07. The van der Waals surface area contributed by atoms with E-state index >= 15 is 0 Å². The molecule has 0 radical (unpaired) electrons. The van der Waals surface area contributed by atoms with Crippen LogP contribution in [0.15, 0.2) is 34.2 Å². The Bertz CT molecular complexity index is 1150. The summed E-state index contributed by atoms with van der Waals surface area (Å²) in [6.45, 7) is 3.74. The minimum absolute atomic E-state index is 0.0943. The van der Waals surface area contributed by atoms with Gasteiger partial charge in [-0.15, -0.1) is 0 Å².